The lowest BCUT2D eigenvalue weighted by molar-refractivity contribution is -0.154. The average molecular weight is 466 g/mol. The molecular weight excluding hydrogens is 440 g/mol. The molecule has 0 amide bonds. The third kappa shape index (κ3) is 7.55. The summed E-state index contributed by atoms with van der Waals surface area (Å²) in [4.78, 5) is 13.5. The number of anilines is 2. The first kappa shape index (κ1) is 25.8. The van der Waals surface area contributed by atoms with Crippen molar-refractivity contribution in [2.45, 2.75) is 39.5 Å². The van der Waals surface area contributed by atoms with Gasteiger partial charge in [0, 0.05) is 13.1 Å². The lowest BCUT2D eigenvalue weighted by Gasteiger charge is -2.35. The number of hydrazone groups is 1. The summed E-state index contributed by atoms with van der Waals surface area (Å²) in [6, 6.07) is 5.35. The Balaban J connectivity index is 2.54. The van der Waals surface area contributed by atoms with Crippen molar-refractivity contribution in [3.63, 3.8) is 0 Å². The van der Waals surface area contributed by atoms with Crippen molar-refractivity contribution in [1.29, 1.82) is 0 Å². The van der Waals surface area contributed by atoms with Crippen molar-refractivity contribution >= 4 is 29.6 Å². The van der Waals surface area contributed by atoms with E-state index >= 15 is 0 Å². The minimum absolute atomic E-state index is 0.148. The number of rotatable bonds is 10. The molecule has 0 aliphatic rings. The van der Waals surface area contributed by atoms with Gasteiger partial charge in [-0.05, 0) is 51.3 Å². The average Bonchev–Trinajstić information content (AvgIpc) is 2.77. The van der Waals surface area contributed by atoms with Gasteiger partial charge < -0.3 is 9.64 Å². The van der Waals surface area contributed by atoms with E-state index in [1.54, 1.807) is 23.9 Å². The van der Waals surface area contributed by atoms with Gasteiger partial charge in [-0.1, -0.05) is 13.0 Å². The quantitative estimate of drug-likeness (QED) is 0.149. The van der Waals surface area contributed by atoms with Crippen LogP contribution in [-0.2, 0) is 0 Å². The van der Waals surface area contributed by atoms with Crippen LogP contribution >= 0.6 is 0 Å². The van der Waals surface area contributed by atoms with Crippen LogP contribution in [0.5, 0.6) is 5.88 Å². The fraction of sp³-hybridized carbons (Fsp3) is 0.364. The van der Waals surface area contributed by atoms with Gasteiger partial charge in [-0.15, -0.1) is 0 Å². The first-order valence-electron chi connectivity index (χ1n) is 10.1. The van der Waals surface area contributed by atoms with E-state index < -0.39 is 24.9 Å². The molecule has 0 saturated carbocycles. The lowest BCUT2D eigenvalue weighted by atomic mass is 10.2. The zero-order valence-electron chi connectivity index (χ0n) is 18.8. The van der Waals surface area contributed by atoms with Gasteiger partial charge in [-0.2, -0.15) is 27.6 Å². The van der Waals surface area contributed by atoms with Crippen molar-refractivity contribution in [3.05, 3.63) is 48.6 Å². The van der Waals surface area contributed by atoms with Crippen LogP contribution < -0.4 is 9.64 Å². The van der Waals surface area contributed by atoms with Crippen molar-refractivity contribution in [3.8, 4) is 5.88 Å². The van der Waals surface area contributed by atoms with Crippen molar-refractivity contribution in [1.82, 2.24) is 15.0 Å². The molecule has 0 fully saturated rings. The third-order valence-corrected chi connectivity index (χ3v) is 4.43. The van der Waals surface area contributed by atoms with Crippen LogP contribution in [-0.4, -0.2) is 53.4 Å². The normalized spacial score (nSPS) is 13.2. The van der Waals surface area contributed by atoms with Crippen LogP contribution in [0.2, 0.25) is 0 Å². The molecule has 0 spiro atoms. The minimum Gasteiger partial charge on any atom is -0.468 e. The number of alkyl halides is 3. The highest BCUT2D eigenvalue weighted by Gasteiger charge is 2.30. The molecule has 2 rings (SSSR count). The standard InChI is InChI=1S/C22H26F4N6O/c1-6-7-8-15(2)30-31(5)16(3)32(17-9-11-19(23)28-13-17)21-18(27-4)10-12-20(29-21)33-14-22(24,25)26/h7-13,16H,4,6,14H2,1-3,5H3/b8-7-,30-15+. The monoisotopic (exact) mass is 466 g/mol. The second kappa shape index (κ2) is 11.4. The predicted octanol–water partition coefficient (Wildman–Crippen LogP) is 5.65. The summed E-state index contributed by atoms with van der Waals surface area (Å²) >= 11 is 0. The molecule has 0 saturated heterocycles. The number of pyridine rings is 2. The van der Waals surface area contributed by atoms with E-state index in [4.69, 9.17) is 4.74 Å². The van der Waals surface area contributed by atoms with Crippen LogP contribution in [0.3, 0.4) is 0 Å². The molecule has 1 unspecified atom stereocenters. The highest BCUT2D eigenvalue weighted by Crippen LogP contribution is 2.36. The first-order chi connectivity index (χ1) is 15.6. The molecule has 178 valence electrons. The Hall–Kier alpha value is -3.50. The highest BCUT2D eigenvalue weighted by atomic mass is 19.4. The van der Waals surface area contributed by atoms with E-state index in [1.807, 2.05) is 26.0 Å². The number of halogens is 4. The zero-order chi connectivity index (χ0) is 24.6. The van der Waals surface area contributed by atoms with Gasteiger partial charge in [-0.25, -0.2) is 4.98 Å². The number of hydrogen-bond acceptors (Lipinski definition) is 7. The number of aliphatic imine (C=N–C) groups is 1. The summed E-state index contributed by atoms with van der Waals surface area (Å²) in [5.41, 5.74) is 1.43. The SMILES string of the molecule is C=Nc1ccc(OCC(F)(F)F)nc1N(c1ccc(F)nc1)C(C)N(C)/N=C(C)/C=C\CC. The molecule has 0 N–H and O–H groups in total. The van der Waals surface area contributed by atoms with Crippen molar-refractivity contribution < 1.29 is 22.3 Å². The summed E-state index contributed by atoms with van der Waals surface area (Å²) in [5, 5.41) is 6.16. The fourth-order valence-electron chi connectivity index (χ4n) is 2.81. The molecule has 0 aliphatic heterocycles. The van der Waals surface area contributed by atoms with Gasteiger partial charge in [0.25, 0.3) is 0 Å². The molecule has 2 heterocycles. The Kier molecular flexibility index (Phi) is 8.89. The minimum atomic E-state index is -4.52. The van der Waals surface area contributed by atoms with Crippen LogP contribution in [0.25, 0.3) is 0 Å². The van der Waals surface area contributed by atoms with Crippen molar-refractivity contribution in [2.75, 3.05) is 18.6 Å². The van der Waals surface area contributed by atoms with Gasteiger partial charge in [0.2, 0.25) is 11.8 Å². The van der Waals surface area contributed by atoms with Crippen LogP contribution in [0.1, 0.15) is 27.2 Å². The summed E-state index contributed by atoms with van der Waals surface area (Å²) in [5.74, 6) is -0.792. The summed E-state index contributed by atoms with van der Waals surface area (Å²) in [6.45, 7) is 7.65. The fourth-order valence-corrected chi connectivity index (χ4v) is 2.81. The molecule has 11 heteroatoms. The van der Waals surface area contributed by atoms with Crippen LogP contribution in [0.15, 0.2) is 52.7 Å². The van der Waals surface area contributed by atoms with Crippen LogP contribution in [0, 0.1) is 5.95 Å². The second-order valence-electron chi connectivity index (χ2n) is 7.02. The molecule has 2 aromatic rings. The first-order valence-corrected chi connectivity index (χ1v) is 10.1. The number of allylic oxidation sites excluding steroid dienone is 2. The van der Waals surface area contributed by atoms with E-state index in [2.05, 4.69) is 26.8 Å². The lowest BCUT2D eigenvalue weighted by Crippen LogP contribution is -2.40. The number of hydrogen-bond donors (Lipinski definition) is 0. The molecule has 0 aliphatic carbocycles. The maximum Gasteiger partial charge on any atom is 0.422 e. The topological polar surface area (TPSA) is 66.2 Å². The largest absolute Gasteiger partial charge is 0.468 e. The summed E-state index contributed by atoms with van der Waals surface area (Å²) in [6.07, 6.45) is 0.903. The van der Waals surface area contributed by atoms with E-state index in [9.17, 15) is 17.6 Å². The van der Waals surface area contributed by atoms with Gasteiger partial charge in [-0.3, -0.25) is 10.0 Å². The second-order valence-corrected chi connectivity index (χ2v) is 7.02. The Bertz CT molecular complexity index is 991. The van der Waals surface area contributed by atoms with E-state index in [0.29, 0.717) is 5.69 Å². The molecule has 33 heavy (non-hydrogen) atoms. The molecule has 2 aromatic heterocycles. The molecule has 0 bridgehead atoms. The zero-order valence-corrected chi connectivity index (χ0v) is 18.8. The number of nitrogens with zero attached hydrogens (tertiary/aromatic N) is 6. The molecular formula is C22H26F4N6O. The highest BCUT2D eigenvalue weighted by molar-refractivity contribution is 5.92. The molecule has 0 radical (unpaired) electrons. The summed E-state index contributed by atoms with van der Waals surface area (Å²) < 4.78 is 56.2. The Morgan fingerprint density at radius 2 is 2.00 bits per heavy atom. The molecule has 0 aromatic carbocycles. The Labute approximate surface area is 190 Å². The predicted molar refractivity (Wildman–Crippen MR) is 121 cm³/mol. The van der Waals surface area contributed by atoms with Gasteiger partial charge in [0.05, 0.1) is 17.6 Å². The molecule has 1 atom stereocenters. The molecule has 7 nitrogen and oxygen atoms in total. The van der Waals surface area contributed by atoms with Crippen molar-refractivity contribution in [2.24, 2.45) is 10.1 Å². The maximum absolute atomic E-state index is 13.5. The smallest absolute Gasteiger partial charge is 0.422 e. The van der Waals surface area contributed by atoms with Gasteiger partial charge in [0.1, 0.15) is 11.9 Å². The summed E-state index contributed by atoms with van der Waals surface area (Å²) in [7, 11) is 1.73. The Morgan fingerprint density at radius 3 is 2.58 bits per heavy atom. The van der Waals surface area contributed by atoms with Crippen LogP contribution in [0.4, 0.5) is 34.8 Å². The third-order valence-electron chi connectivity index (χ3n) is 4.43. The van der Waals surface area contributed by atoms with E-state index in [0.717, 1.165) is 12.1 Å². The van der Waals surface area contributed by atoms with E-state index in [1.165, 1.54) is 30.5 Å². The maximum atomic E-state index is 13.5. The Morgan fingerprint density at radius 1 is 1.27 bits per heavy atom. The number of ether oxygens (including phenoxy) is 1. The van der Waals surface area contributed by atoms with Gasteiger partial charge >= 0.3 is 6.18 Å². The number of aromatic nitrogens is 2. The van der Waals surface area contributed by atoms with E-state index in [-0.39, 0.29) is 17.4 Å². The van der Waals surface area contributed by atoms with Gasteiger partial charge in [0.15, 0.2) is 12.4 Å².